The first kappa shape index (κ1) is 20.3. The van der Waals surface area contributed by atoms with Crippen LogP contribution in [0.25, 0.3) is 11.0 Å². The molecule has 5 nitrogen and oxygen atoms in total. The Bertz CT molecular complexity index is 1410. The third-order valence-corrected chi connectivity index (χ3v) is 6.93. The molecule has 152 valence electrons. The highest BCUT2D eigenvalue weighted by molar-refractivity contribution is 7.91. The second kappa shape index (κ2) is 7.70. The molecule has 0 radical (unpaired) electrons. The van der Waals surface area contributed by atoms with Gasteiger partial charge in [0.25, 0.3) is 0 Å². The van der Waals surface area contributed by atoms with E-state index in [-0.39, 0.29) is 15.2 Å². The van der Waals surface area contributed by atoms with Gasteiger partial charge in [0, 0.05) is 23.5 Å². The lowest BCUT2D eigenvalue weighted by Crippen LogP contribution is -2.20. The maximum atomic E-state index is 13.3. The van der Waals surface area contributed by atoms with E-state index in [0.29, 0.717) is 17.2 Å². The van der Waals surface area contributed by atoms with Crippen molar-refractivity contribution in [1.82, 2.24) is 9.55 Å². The van der Waals surface area contributed by atoms with E-state index in [0.717, 1.165) is 16.8 Å². The van der Waals surface area contributed by atoms with Gasteiger partial charge in [0.05, 0.1) is 10.3 Å². The number of rotatable bonds is 4. The average Bonchev–Trinajstić information content (AvgIpc) is 2.71. The minimum absolute atomic E-state index is 0.0858. The van der Waals surface area contributed by atoms with E-state index in [1.54, 1.807) is 41.0 Å². The van der Waals surface area contributed by atoms with Crippen molar-refractivity contribution in [1.29, 1.82) is 0 Å². The second-order valence-electron chi connectivity index (χ2n) is 7.22. The molecule has 2 aromatic carbocycles. The number of nitrogens with zero attached hydrogens (tertiary/aromatic N) is 2. The van der Waals surface area contributed by atoms with Crippen LogP contribution in [0.2, 0.25) is 5.02 Å². The van der Waals surface area contributed by atoms with Crippen molar-refractivity contribution in [2.75, 3.05) is 0 Å². The van der Waals surface area contributed by atoms with Crippen molar-refractivity contribution in [2.24, 2.45) is 0 Å². The van der Waals surface area contributed by atoms with E-state index < -0.39 is 15.3 Å². The largest absolute Gasteiger partial charge is 0.327 e. The summed E-state index contributed by atoms with van der Waals surface area (Å²) in [5.74, 6) is 0. The van der Waals surface area contributed by atoms with Gasteiger partial charge in [-0.05, 0) is 55.8 Å². The standard InChI is InChI=1S/C23H19ClN2O3S/c1-15-3-10-19(11-4-15)30(28,29)21-14-26(13-17-6-8-18(24)9-7-17)23-20(22(21)27)12-5-16(2)25-23/h3-12,14H,13H2,1-2H3. The Labute approximate surface area is 179 Å². The number of sulfone groups is 1. The van der Waals surface area contributed by atoms with Crippen LogP contribution in [0.3, 0.4) is 0 Å². The van der Waals surface area contributed by atoms with Crippen LogP contribution in [-0.4, -0.2) is 18.0 Å². The van der Waals surface area contributed by atoms with Crippen molar-refractivity contribution in [3.05, 3.63) is 98.9 Å². The number of hydrogen-bond donors (Lipinski definition) is 0. The Kier molecular flexibility index (Phi) is 5.22. The van der Waals surface area contributed by atoms with E-state index in [9.17, 15) is 13.2 Å². The minimum atomic E-state index is -3.99. The van der Waals surface area contributed by atoms with Gasteiger partial charge < -0.3 is 4.57 Å². The molecule has 0 spiro atoms. The Balaban J connectivity index is 1.96. The lowest BCUT2D eigenvalue weighted by Gasteiger charge is -2.14. The number of hydrogen-bond acceptors (Lipinski definition) is 4. The molecule has 0 atom stereocenters. The number of fused-ring (bicyclic) bond motifs is 1. The Morgan fingerprint density at radius 3 is 2.27 bits per heavy atom. The first-order valence-electron chi connectivity index (χ1n) is 9.33. The van der Waals surface area contributed by atoms with Crippen LogP contribution in [-0.2, 0) is 16.4 Å². The normalized spacial score (nSPS) is 11.7. The summed E-state index contributed by atoms with van der Waals surface area (Å²) in [4.78, 5) is 17.4. The topological polar surface area (TPSA) is 69.0 Å². The van der Waals surface area contributed by atoms with Crippen LogP contribution in [0.1, 0.15) is 16.8 Å². The quantitative estimate of drug-likeness (QED) is 0.468. The highest BCUT2D eigenvalue weighted by Gasteiger charge is 2.24. The first-order chi connectivity index (χ1) is 14.3. The summed E-state index contributed by atoms with van der Waals surface area (Å²) in [6, 6.07) is 17.1. The zero-order valence-electron chi connectivity index (χ0n) is 16.5. The zero-order chi connectivity index (χ0) is 21.5. The van der Waals surface area contributed by atoms with Crippen LogP contribution in [0.5, 0.6) is 0 Å². The van der Waals surface area contributed by atoms with Crippen LogP contribution in [0.4, 0.5) is 0 Å². The minimum Gasteiger partial charge on any atom is -0.327 e. The molecule has 0 amide bonds. The molecule has 0 aliphatic heterocycles. The number of halogens is 1. The number of aromatic nitrogens is 2. The van der Waals surface area contributed by atoms with Gasteiger partial charge in [-0.25, -0.2) is 13.4 Å². The molecule has 7 heteroatoms. The van der Waals surface area contributed by atoms with E-state index >= 15 is 0 Å². The van der Waals surface area contributed by atoms with Crippen LogP contribution >= 0.6 is 11.6 Å². The number of aryl methyl sites for hydroxylation is 2. The summed E-state index contributed by atoms with van der Waals surface area (Å²) in [7, 11) is -3.99. The summed E-state index contributed by atoms with van der Waals surface area (Å²) in [5, 5.41) is 0.878. The molecule has 0 aliphatic rings. The van der Waals surface area contributed by atoms with Crippen molar-refractivity contribution in [2.45, 2.75) is 30.2 Å². The SMILES string of the molecule is Cc1ccc(S(=O)(=O)c2cn(Cc3ccc(Cl)cc3)c3nc(C)ccc3c2=O)cc1. The molecular formula is C23H19ClN2O3S. The monoisotopic (exact) mass is 438 g/mol. The van der Waals surface area contributed by atoms with Crippen molar-refractivity contribution >= 4 is 32.5 Å². The summed E-state index contributed by atoms with van der Waals surface area (Å²) < 4.78 is 28.3. The molecule has 0 N–H and O–H groups in total. The van der Waals surface area contributed by atoms with Gasteiger partial charge in [0.2, 0.25) is 15.3 Å². The average molecular weight is 439 g/mol. The first-order valence-corrected chi connectivity index (χ1v) is 11.2. The van der Waals surface area contributed by atoms with Gasteiger partial charge in [-0.2, -0.15) is 0 Å². The van der Waals surface area contributed by atoms with Gasteiger partial charge in [-0.3, -0.25) is 4.79 Å². The van der Waals surface area contributed by atoms with E-state index in [1.807, 2.05) is 26.0 Å². The van der Waals surface area contributed by atoms with Crippen molar-refractivity contribution < 1.29 is 8.42 Å². The van der Waals surface area contributed by atoms with E-state index in [4.69, 9.17) is 11.6 Å². The molecule has 4 rings (SSSR count). The van der Waals surface area contributed by atoms with E-state index in [2.05, 4.69) is 4.98 Å². The Morgan fingerprint density at radius 2 is 1.60 bits per heavy atom. The summed E-state index contributed by atoms with van der Waals surface area (Å²) in [6.07, 6.45) is 1.39. The molecule has 0 aliphatic carbocycles. The Hall–Kier alpha value is -2.96. The third kappa shape index (κ3) is 3.76. The summed E-state index contributed by atoms with van der Waals surface area (Å²) in [6.45, 7) is 4.05. The molecular weight excluding hydrogens is 420 g/mol. The molecule has 2 heterocycles. The van der Waals surface area contributed by atoms with E-state index in [1.165, 1.54) is 18.3 Å². The molecule has 0 fully saturated rings. The molecule has 0 saturated heterocycles. The number of benzene rings is 2. The lowest BCUT2D eigenvalue weighted by atomic mass is 10.2. The maximum absolute atomic E-state index is 13.3. The van der Waals surface area contributed by atoms with Crippen molar-refractivity contribution in [3.8, 4) is 0 Å². The van der Waals surface area contributed by atoms with Gasteiger partial charge in [-0.1, -0.05) is 41.4 Å². The second-order valence-corrected chi connectivity index (χ2v) is 9.57. The fourth-order valence-electron chi connectivity index (χ4n) is 3.28. The molecule has 0 unspecified atom stereocenters. The summed E-state index contributed by atoms with van der Waals surface area (Å²) >= 11 is 5.98. The molecule has 30 heavy (non-hydrogen) atoms. The third-order valence-electron chi connectivity index (χ3n) is 4.91. The molecule has 0 bridgehead atoms. The fourth-order valence-corrected chi connectivity index (χ4v) is 4.77. The molecule has 2 aromatic heterocycles. The smallest absolute Gasteiger partial charge is 0.211 e. The van der Waals surface area contributed by atoms with Crippen LogP contribution in [0, 0.1) is 13.8 Å². The highest BCUT2D eigenvalue weighted by Crippen LogP contribution is 2.22. The highest BCUT2D eigenvalue weighted by atomic mass is 35.5. The van der Waals surface area contributed by atoms with Crippen LogP contribution in [0.15, 0.2) is 81.4 Å². The molecule has 0 saturated carbocycles. The summed E-state index contributed by atoms with van der Waals surface area (Å²) in [5.41, 5.74) is 2.47. The predicted octanol–water partition coefficient (Wildman–Crippen LogP) is 4.55. The van der Waals surface area contributed by atoms with Crippen molar-refractivity contribution in [3.63, 3.8) is 0 Å². The van der Waals surface area contributed by atoms with Gasteiger partial charge in [-0.15, -0.1) is 0 Å². The number of pyridine rings is 2. The predicted molar refractivity (Wildman–Crippen MR) is 118 cm³/mol. The van der Waals surface area contributed by atoms with Gasteiger partial charge in [0.15, 0.2) is 0 Å². The maximum Gasteiger partial charge on any atom is 0.211 e. The fraction of sp³-hybridized carbons (Fsp3) is 0.130. The lowest BCUT2D eigenvalue weighted by molar-refractivity contribution is 0.594. The van der Waals surface area contributed by atoms with Gasteiger partial charge in [0.1, 0.15) is 10.5 Å². The zero-order valence-corrected chi connectivity index (χ0v) is 18.0. The molecule has 4 aromatic rings. The van der Waals surface area contributed by atoms with Crippen LogP contribution < -0.4 is 5.43 Å². The Morgan fingerprint density at radius 1 is 0.933 bits per heavy atom. The van der Waals surface area contributed by atoms with Gasteiger partial charge >= 0.3 is 0 Å².